The van der Waals surface area contributed by atoms with Gasteiger partial charge in [-0.25, -0.2) is 4.99 Å². The Kier molecular flexibility index (Phi) is 8.53. The Bertz CT molecular complexity index is 740. The van der Waals surface area contributed by atoms with Gasteiger partial charge in [0.15, 0.2) is 5.96 Å². The molecule has 0 saturated carbocycles. The fraction of sp³-hybridized carbons (Fsp3) is 0.458. The number of guanidine groups is 1. The molecule has 2 aromatic carbocycles. The Morgan fingerprint density at radius 1 is 1.07 bits per heavy atom. The molecule has 1 aliphatic rings. The van der Waals surface area contributed by atoms with Crippen LogP contribution in [0.1, 0.15) is 30.0 Å². The molecule has 5 heteroatoms. The smallest absolute Gasteiger partial charge is 0.193 e. The highest BCUT2D eigenvalue weighted by Crippen LogP contribution is 2.14. The molecule has 3 rings (SSSR count). The Labute approximate surface area is 174 Å². The number of nitrogens with zero attached hydrogens (tertiary/aromatic N) is 2. The van der Waals surface area contributed by atoms with Crippen LogP contribution in [0.2, 0.25) is 0 Å². The van der Waals surface area contributed by atoms with Crippen LogP contribution < -0.4 is 5.32 Å². The summed E-state index contributed by atoms with van der Waals surface area (Å²) in [5.41, 5.74) is 3.58. The van der Waals surface area contributed by atoms with E-state index in [0.717, 1.165) is 38.7 Å². The molecule has 0 radical (unpaired) electrons. The Morgan fingerprint density at radius 3 is 2.41 bits per heavy atom. The van der Waals surface area contributed by atoms with Gasteiger partial charge < -0.3 is 19.7 Å². The molecule has 5 nitrogen and oxygen atoms in total. The molecule has 1 N–H and O–H groups in total. The van der Waals surface area contributed by atoms with Gasteiger partial charge in [0.25, 0.3) is 0 Å². The van der Waals surface area contributed by atoms with Gasteiger partial charge in [-0.15, -0.1) is 0 Å². The van der Waals surface area contributed by atoms with Gasteiger partial charge in [-0.1, -0.05) is 54.6 Å². The molecular weight excluding hydrogens is 362 g/mol. The third kappa shape index (κ3) is 7.18. The first-order valence-corrected chi connectivity index (χ1v) is 10.5. The third-order valence-electron chi connectivity index (χ3n) is 5.07. The van der Waals surface area contributed by atoms with E-state index in [0.29, 0.717) is 25.7 Å². The number of rotatable bonds is 9. The van der Waals surface area contributed by atoms with Gasteiger partial charge in [-0.2, -0.15) is 0 Å². The molecule has 156 valence electrons. The first-order chi connectivity index (χ1) is 14.2. The third-order valence-corrected chi connectivity index (χ3v) is 5.07. The molecule has 1 aliphatic heterocycles. The summed E-state index contributed by atoms with van der Waals surface area (Å²) in [6, 6.07) is 18.8. The van der Waals surface area contributed by atoms with Gasteiger partial charge in [-0.05, 0) is 30.0 Å². The van der Waals surface area contributed by atoms with Crippen molar-refractivity contribution in [3.8, 4) is 0 Å². The molecule has 29 heavy (non-hydrogen) atoms. The fourth-order valence-corrected chi connectivity index (χ4v) is 3.44. The van der Waals surface area contributed by atoms with Crippen LogP contribution in [0.4, 0.5) is 0 Å². The lowest BCUT2D eigenvalue weighted by atomic mass is 10.1. The molecule has 0 aliphatic carbocycles. The lowest BCUT2D eigenvalue weighted by molar-refractivity contribution is 0.107. The Hall–Kier alpha value is -2.37. The van der Waals surface area contributed by atoms with Gasteiger partial charge >= 0.3 is 0 Å². The molecule has 1 fully saturated rings. The molecule has 1 heterocycles. The lowest BCUT2D eigenvalue weighted by Gasteiger charge is -2.24. The maximum atomic E-state index is 5.82. The molecule has 1 atom stereocenters. The van der Waals surface area contributed by atoms with Crippen LogP contribution in [0.25, 0.3) is 0 Å². The SMILES string of the molecule is CCNC(=NCc1ccc(COCc2ccccc2)cc1)N(C)CC1CCOC1. The lowest BCUT2D eigenvalue weighted by Crippen LogP contribution is -2.41. The van der Waals surface area contributed by atoms with E-state index in [9.17, 15) is 0 Å². The number of benzene rings is 2. The highest BCUT2D eigenvalue weighted by Gasteiger charge is 2.19. The zero-order valence-electron chi connectivity index (χ0n) is 17.6. The van der Waals surface area contributed by atoms with Crippen molar-refractivity contribution in [3.63, 3.8) is 0 Å². The Balaban J connectivity index is 1.48. The van der Waals surface area contributed by atoms with Gasteiger partial charge in [0.1, 0.15) is 0 Å². The highest BCUT2D eigenvalue weighted by atomic mass is 16.5. The maximum absolute atomic E-state index is 5.82. The minimum atomic E-state index is 0.596. The monoisotopic (exact) mass is 395 g/mol. The van der Waals surface area contributed by atoms with Crippen molar-refractivity contribution in [3.05, 3.63) is 71.3 Å². The van der Waals surface area contributed by atoms with Crippen LogP contribution in [0.5, 0.6) is 0 Å². The van der Waals surface area contributed by atoms with Crippen LogP contribution in [0.15, 0.2) is 59.6 Å². The molecule has 0 aromatic heterocycles. The van der Waals surface area contributed by atoms with E-state index in [1.165, 1.54) is 16.7 Å². The molecule has 2 aromatic rings. The normalized spacial score (nSPS) is 16.8. The second-order valence-electron chi connectivity index (χ2n) is 7.58. The van der Waals surface area contributed by atoms with Crippen LogP contribution in [-0.2, 0) is 29.2 Å². The zero-order valence-corrected chi connectivity index (χ0v) is 17.6. The van der Waals surface area contributed by atoms with E-state index in [-0.39, 0.29) is 0 Å². The first kappa shape index (κ1) is 21.3. The second kappa shape index (κ2) is 11.6. The first-order valence-electron chi connectivity index (χ1n) is 10.5. The molecule has 0 bridgehead atoms. The average Bonchev–Trinajstić information content (AvgIpc) is 3.26. The topological polar surface area (TPSA) is 46.1 Å². The van der Waals surface area contributed by atoms with Crippen molar-refractivity contribution >= 4 is 5.96 Å². The standard InChI is InChI=1S/C24H33N3O2/c1-3-25-24(27(2)16-23-13-14-28-19-23)26-15-20-9-11-22(12-10-20)18-29-17-21-7-5-4-6-8-21/h4-12,23H,3,13-19H2,1-2H3,(H,25,26). The molecule has 0 spiro atoms. The zero-order chi connectivity index (χ0) is 20.3. The molecule has 1 unspecified atom stereocenters. The van der Waals surface area contributed by atoms with Crippen molar-refractivity contribution in [2.24, 2.45) is 10.9 Å². The van der Waals surface area contributed by atoms with Crippen molar-refractivity contribution in [2.45, 2.75) is 33.1 Å². The Morgan fingerprint density at radius 2 is 1.76 bits per heavy atom. The van der Waals surface area contributed by atoms with E-state index in [2.05, 4.69) is 60.6 Å². The minimum absolute atomic E-state index is 0.596. The van der Waals surface area contributed by atoms with Gasteiger partial charge in [0.05, 0.1) is 26.4 Å². The molecular formula is C24H33N3O2. The quantitative estimate of drug-likeness (QED) is 0.518. The molecule has 0 amide bonds. The summed E-state index contributed by atoms with van der Waals surface area (Å²) in [5.74, 6) is 1.55. The number of nitrogens with one attached hydrogen (secondary N) is 1. The summed E-state index contributed by atoms with van der Waals surface area (Å²) in [7, 11) is 2.10. The van der Waals surface area contributed by atoms with Crippen molar-refractivity contribution < 1.29 is 9.47 Å². The summed E-state index contributed by atoms with van der Waals surface area (Å²) in [4.78, 5) is 7.03. The highest BCUT2D eigenvalue weighted by molar-refractivity contribution is 5.79. The second-order valence-corrected chi connectivity index (χ2v) is 7.58. The van der Waals surface area contributed by atoms with E-state index >= 15 is 0 Å². The minimum Gasteiger partial charge on any atom is -0.381 e. The number of hydrogen-bond acceptors (Lipinski definition) is 3. The van der Waals surface area contributed by atoms with E-state index < -0.39 is 0 Å². The van der Waals surface area contributed by atoms with Crippen LogP contribution in [0, 0.1) is 5.92 Å². The van der Waals surface area contributed by atoms with Gasteiger partial charge in [0, 0.05) is 32.7 Å². The van der Waals surface area contributed by atoms with Crippen LogP contribution >= 0.6 is 0 Å². The largest absolute Gasteiger partial charge is 0.381 e. The number of aliphatic imine (C=N–C) groups is 1. The predicted molar refractivity (Wildman–Crippen MR) is 118 cm³/mol. The summed E-state index contributed by atoms with van der Waals surface area (Å²) < 4.78 is 11.3. The van der Waals surface area contributed by atoms with Crippen LogP contribution in [0.3, 0.4) is 0 Å². The van der Waals surface area contributed by atoms with Crippen molar-refractivity contribution in [1.29, 1.82) is 0 Å². The van der Waals surface area contributed by atoms with E-state index in [1.54, 1.807) is 0 Å². The van der Waals surface area contributed by atoms with Gasteiger partial charge in [0.2, 0.25) is 0 Å². The summed E-state index contributed by atoms with van der Waals surface area (Å²) in [6.07, 6.45) is 1.14. The maximum Gasteiger partial charge on any atom is 0.193 e. The number of ether oxygens (including phenoxy) is 2. The average molecular weight is 396 g/mol. The van der Waals surface area contributed by atoms with Crippen molar-refractivity contribution in [1.82, 2.24) is 10.2 Å². The van der Waals surface area contributed by atoms with E-state index in [4.69, 9.17) is 14.5 Å². The molecule has 1 saturated heterocycles. The van der Waals surface area contributed by atoms with Crippen LogP contribution in [-0.4, -0.2) is 44.2 Å². The van der Waals surface area contributed by atoms with E-state index in [1.807, 2.05) is 18.2 Å². The van der Waals surface area contributed by atoms with Crippen molar-refractivity contribution in [2.75, 3.05) is 33.4 Å². The van der Waals surface area contributed by atoms with Gasteiger partial charge in [-0.3, -0.25) is 0 Å². The number of hydrogen-bond donors (Lipinski definition) is 1. The fourth-order valence-electron chi connectivity index (χ4n) is 3.44. The summed E-state index contributed by atoms with van der Waals surface area (Å²) >= 11 is 0. The predicted octanol–water partition coefficient (Wildman–Crippen LogP) is 3.84. The summed E-state index contributed by atoms with van der Waals surface area (Å²) in [5, 5.41) is 3.40. The summed E-state index contributed by atoms with van der Waals surface area (Å²) in [6.45, 7) is 7.60.